The third-order valence-corrected chi connectivity index (χ3v) is 19.5. The summed E-state index contributed by atoms with van der Waals surface area (Å²) in [4.78, 5) is 2.59. The topological polar surface area (TPSA) is 8.17 Å². The van der Waals surface area contributed by atoms with E-state index in [0.29, 0.717) is 10.8 Å². The lowest BCUT2D eigenvalue weighted by Crippen LogP contribution is -2.48. The lowest BCUT2D eigenvalue weighted by atomic mass is 9.48. The molecule has 8 fully saturated rings. The van der Waals surface area contributed by atoms with E-state index in [0.717, 1.165) is 35.5 Å². The van der Waals surface area contributed by atoms with E-state index < -0.39 is 0 Å². The smallest absolute Gasteiger partial charge is 0.0544 e. The van der Waals surface area contributed by atoms with Gasteiger partial charge in [0.05, 0.1) is 11.0 Å². The quantitative estimate of drug-likeness (QED) is 0.155. The summed E-state index contributed by atoms with van der Waals surface area (Å²) in [7, 11) is 0. The van der Waals surface area contributed by atoms with Crippen LogP contribution in [0.15, 0.2) is 158 Å². The molecule has 2 heteroatoms. The zero-order chi connectivity index (χ0) is 44.2. The maximum Gasteiger partial charge on any atom is 0.0544 e. The number of fused-ring (bicyclic) bond motifs is 6. The summed E-state index contributed by atoms with van der Waals surface area (Å²) >= 11 is 0. The molecule has 8 bridgehead atoms. The molecule has 0 amide bonds. The Kier molecular flexibility index (Phi) is 8.24. The molecule has 1 heterocycles. The van der Waals surface area contributed by atoms with Gasteiger partial charge in [-0.15, -0.1) is 0 Å². The lowest BCUT2D eigenvalue weighted by Gasteiger charge is -2.57. The van der Waals surface area contributed by atoms with Gasteiger partial charge in [-0.3, -0.25) is 0 Å². The number of rotatable bonds is 7. The minimum atomic E-state index is -0.196. The van der Waals surface area contributed by atoms with Crippen molar-refractivity contribution >= 4 is 38.9 Å². The van der Waals surface area contributed by atoms with Crippen molar-refractivity contribution in [2.45, 2.75) is 107 Å². The third-order valence-electron chi connectivity index (χ3n) is 19.5. The highest BCUT2D eigenvalue weighted by atomic mass is 15.1. The standard InChI is InChI=1S/C65H62N2/c1-63(2)59-32-54(22-23-55(59)56-33-58-57-31-48(47-9-5-3-6-10-47)13-24-61(57)67(62(58)34-60(56)63)51-11-7-4-8-12-51)66(52-18-14-49(15-19-52)64-35-41-25-42(36-64)27-43(26-41)37-64)53-20-16-50(17-21-53)65-38-44-28-45(39-65)30-46(29-44)40-65/h3-24,31-34,41-46H,25-30,35-40H2,1-2H3. The molecule has 0 unspecified atom stereocenters. The minimum absolute atomic E-state index is 0.196. The zero-order valence-corrected chi connectivity index (χ0v) is 39.4. The van der Waals surface area contributed by atoms with E-state index in [1.807, 2.05) is 0 Å². The second kappa shape index (κ2) is 14.1. The first-order valence-corrected chi connectivity index (χ1v) is 26.2. The van der Waals surface area contributed by atoms with Crippen LogP contribution in [-0.2, 0) is 16.2 Å². The summed E-state index contributed by atoms with van der Waals surface area (Å²) in [6, 6.07) is 61.5. The Morgan fingerprint density at radius 2 is 0.881 bits per heavy atom. The van der Waals surface area contributed by atoms with Crippen LogP contribution in [0.5, 0.6) is 0 Å². The van der Waals surface area contributed by atoms with Crippen LogP contribution in [0, 0.1) is 35.5 Å². The van der Waals surface area contributed by atoms with Crippen LogP contribution >= 0.6 is 0 Å². The Morgan fingerprint density at radius 3 is 1.42 bits per heavy atom. The second-order valence-electron chi connectivity index (χ2n) is 23.9. The van der Waals surface area contributed by atoms with Gasteiger partial charge in [-0.05, 0) is 241 Å². The molecule has 0 spiro atoms. The van der Waals surface area contributed by atoms with E-state index >= 15 is 0 Å². The van der Waals surface area contributed by atoms with Crippen molar-refractivity contribution < 1.29 is 0 Å². The summed E-state index contributed by atoms with van der Waals surface area (Å²) in [5.74, 6) is 5.65. The average molecular weight is 871 g/mol. The molecule has 0 aliphatic heterocycles. The summed E-state index contributed by atoms with van der Waals surface area (Å²) in [6.07, 6.45) is 17.3. The molecule has 0 saturated heterocycles. The number of aromatic nitrogens is 1. The normalized spacial score (nSPS) is 29.2. The Hall–Kier alpha value is -5.86. The molecule has 332 valence electrons. The maximum atomic E-state index is 2.59. The molecular formula is C65H62N2. The van der Waals surface area contributed by atoms with Gasteiger partial charge in [-0.1, -0.05) is 98.8 Å². The van der Waals surface area contributed by atoms with Gasteiger partial charge in [0.2, 0.25) is 0 Å². The van der Waals surface area contributed by atoms with Crippen molar-refractivity contribution in [3.8, 4) is 27.9 Å². The molecular weight excluding hydrogens is 809 g/mol. The van der Waals surface area contributed by atoms with Crippen molar-refractivity contribution in [1.29, 1.82) is 0 Å². The fraction of sp³-hybridized carbons (Fsp3) is 0.354. The van der Waals surface area contributed by atoms with Crippen LogP contribution in [0.4, 0.5) is 17.1 Å². The van der Waals surface area contributed by atoms with Gasteiger partial charge in [0.1, 0.15) is 0 Å². The largest absolute Gasteiger partial charge is 0.310 e. The summed E-state index contributed by atoms with van der Waals surface area (Å²) in [5, 5.41) is 2.61. The van der Waals surface area contributed by atoms with Crippen LogP contribution in [0.1, 0.15) is 113 Å². The van der Waals surface area contributed by atoms with E-state index in [2.05, 4.69) is 181 Å². The molecule has 8 aromatic rings. The number of nitrogens with zero attached hydrogens (tertiary/aromatic N) is 2. The van der Waals surface area contributed by atoms with E-state index in [4.69, 9.17) is 0 Å². The van der Waals surface area contributed by atoms with Gasteiger partial charge in [-0.2, -0.15) is 0 Å². The van der Waals surface area contributed by atoms with Gasteiger partial charge >= 0.3 is 0 Å². The molecule has 8 saturated carbocycles. The van der Waals surface area contributed by atoms with Crippen molar-refractivity contribution in [2.24, 2.45) is 35.5 Å². The van der Waals surface area contributed by atoms with Crippen LogP contribution in [0.25, 0.3) is 49.7 Å². The van der Waals surface area contributed by atoms with Gasteiger partial charge in [0, 0.05) is 38.9 Å². The fourth-order valence-corrected chi connectivity index (χ4v) is 17.3. The first-order valence-electron chi connectivity index (χ1n) is 26.2. The Balaban J connectivity index is 0.857. The summed E-state index contributed by atoms with van der Waals surface area (Å²) in [6.45, 7) is 4.92. The molecule has 0 atom stereocenters. The number of hydrogen-bond acceptors (Lipinski definition) is 1. The molecule has 9 aliphatic carbocycles. The number of anilines is 3. The molecule has 17 rings (SSSR count). The van der Waals surface area contributed by atoms with Crippen LogP contribution in [0.2, 0.25) is 0 Å². The maximum absolute atomic E-state index is 2.59. The highest BCUT2D eigenvalue weighted by molar-refractivity contribution is 6.12. The molecule has 0 radical (unpaired) electrons. The highest BCUT2D eigenvalue weighted by Crippen LogP contribution is 2.63. The van der Waals surface area contributed by atoms with E-state index in [1.54, 1.807) is 11.1 Å². The van der Waals surface area contributed by atoms with Crippen molar-refractivity contribution in [2.75, 3.05) is 4.90 Å². The fourth-order valence-electron chi connectivity index (χ4n) is 17.3. The van der Waals surface area contributed by atoms with E-state index in [1.165, 1.54) is 155 Å². The zero-order valence-electron chi connectivity index (χ0n) is 39.4. The Morgan fingerprint density at radius 1 is 0.403 bits per heavy atom. The van der Waals surface area contributed by atoms with Crippen molar-refractivity contribution in [3.63, 3.8) is 0 Å². The van der Waals surface area contributed by atoms with E-state index in [-0.39, 0.29) is 5.41 Å². The summed E-state index contributed by atoms with van der Waals surface area (Å²) in [5.41, 5.74) is 19.3. The molecule has 1 aromatic heterocycles. The van der Waals surface area contributed by atoms with Crippen LogP contribution < -0.4 is 4.90 Å². The first kappa shape index (κ1) is 39.2. The highest BCUT2D eigenvalue weighted by Gasteiger charge is 2.53. The Bertz CT molecular complexity index is 3100. The van der Waals surface area contributed by atoms with E-state index in [9.17, 15) is 0 Å². The van der Waals surface area contributed by atoms with Gasteiger partial charge in [0.15, 0.2) is 0 Å². The predicted molar refractivity (Wildman–Crippen MR) is 278 cm³/mol. The van der Waals surface area contributed by atoms with Crippen molar-refractivity contribution in [3.05, 3.63) is 180 Å². The van der Waals surface area contributed by atoms with Gasteiger partial charge < -0.3 is 9.47 Å². The summed E-state index contributed by atoms with van der Waals surface area (Å²) < 4.78 is 2.49. The molecule has 67 heavy (non-hydrogen) atoms. The third kappa shape index (κ3) is 5.87. The second-order valence-corrected chi connectivity index (χ2v) is 23.9. The SMILES string of the molecule is CC1(C)c2cc(N(c3ccc(C45CC6CC(CC(C6)C4)C5)cc3)c3ccc(C45CC6CC(CC(C6)C4)C5)cc3)ccc2-c2cc3c4cc(-c5ccccc5)ccc4n(-c4ccccc4)c3cc21. The number of hydrogen-bond donors (Lipinski definition) is 0. The first-order chi connectivity index (χ1) is 32.8. The monoisotopic (exact) mass is 870 g/mol. The van der Waals surface area contributed by atoms with Crippen LogP contribution in [0.3, 0.4) is 0 Å². The molecule has 2 nitrogen and oxygen atoms in total. The van der Waals surface area contributed by atoms with Gasteiger partial charge in [0.25, 0.3) is 0 Å². The van der Waals surface area contributed by atoms with Crippen molar-refractivity contribution in [1.82, 2.24) is 4.57 Å². The van der Waals surface area contributed by atoms with Crippen LogP contribution in [-0.4, -0.2) is 4.57 Å². The lowest BCUT2D eigenvalue weighted by molar-refractivity contribution is -0.00529. The molecule has 9 aliphatic rings. The minimum Gasteiger partial charge on any atom is -0.310 e. The Labute approximate surface area is 397 Å². The molecule has 7 aromatic carbocycles. The predicted octanol–water partition coefficient (Wildman–Crippen LogP) is 17.2. The average Bonchev–Trinajstić information content (AvgIpc) is 3.77. The number of para-hydroxylation sites is 1. The molecule has 0 N–H and O–H groups in total. The number of benzene rings is 7. The van der Waals surface area contributed by atoms with Gasteiger partial charge in [-0.25, -0.2) is 0 Å².